The second-order valence-electron chi connectivity index (χ2n) is 6.74. The normalized spacial score (nSPS) is 27.3. The highest BCUT2D eigenvalue weighted by molar-refractivity contribution is 5.56. The first-order valence-electron chi connectivity index (χ1n) is 8.46. The van der Waals surface area contributed by atoms with Crippen molar-refractivity contribution in [1.82, 2.24) is 4.90 Å². The molecular weight excluding hydrogens is 258 g/mol. The van der Waals surface area contributed by atoms with Gasteiger partial charge in [-0.15, -0.1) is 0 Å². The predicted octanol–water partition coefficient (Wildman–Crippen LogP) is 2.55. The number of aryl methyl sites for hydroxylation is 1. The van der Waals surface area contributed by atoms with Crippen LogP contribution in [0.1, 0.15) is 30.4 Å². The van der Waals surface area contributed by atoms with Crippen LogP contribution in [0.4, 0.5) is 5.69 Å². The van der Waals surface area contributed by atoms with Crippen molar-refractivity contribution < 1.29 is 0 Å². The highest BCUT2D eigenvalue weighted by atomic mass is 15.3. The summed E-state index contributed by atoms with van der Waals surface area (Å²) in [5, 5.41) is 0. The van der Waals surface area contributed by atoms with E-state index in [0.29, 0.717) is 0 Å². The van der Waals surface area contributed by atoms with Crippen LogP contribution in [-0.4, -0.2) is 43.7 Å². The molecule has 0 radical (unpaired) electrons. The largest absolute Gasteiger partial charge is 0.369 e. The van der Waals surface area contributed by atoms with Crippen molar-refractivity contribution in [2.75, 3.05) is 37.6 Å². The highest BCUT2D eigenvalue weighted by Crippen LogP contribution is 2.31. The van der Waals surface area contributed by atoms with Crippen molar-refractivity contribution >= 4 is 5.69 Å². The van der Waals surface area contributed by atoms with Crippen molar-refractivity contribution in [3.63, 3.8) is 0 Å². The Morgan fingerprint density at radius 2 is 1.86 bits per heavy atom. The first-order chi connectivity index (χ1) is 10.2. The summed E-state index contributed by atoms with van der Waals surface area (Å²) < 4.78 is 0. The summed E-state index contributed by atoms with van der Waals surface area (Å²) in [6.45, 7) is 10.00. The Bertz CT molecular complexity index is 477. The maximum Gasteiger partial charge on any atom is 0.0399 e. The van der Waals surface area contributed by atoms with E-state index in [0.717, 1.165) is 31.6 Å². The van der Waals surface area contributed by atoms with Crippen LogP contribution < -0.4 is 10.6 Å². The zero-order valence-corrected chi connectivity index (χ0v) is 13.5. The van der Waals surface area contributed by atoms with Gasteiger partial charge in [0.2, 0.25) is 0 Å². The van der Waals surface area contributed by atoms with E-state index in [1.807, 2.05) is 0 Å². The van der Waals surface area contributed by atoms with Crippen LogP contribution in [0, 0.1) is 19.8 Å². The van der Waals surface area contributed by atoms with E-state index in [-0.39, 0.29) is 0 Å². The Balaban J connectivity index is 1.64. The number of hydrogen-bond acceptors (Lipinski definition) is 3. The van der Waals surface area contributed by atoms with Crippen LogP contribution in [0.3, 0.4) is 0 Å². The first-order valence-corrected chi connectivity index (χ1v) is 8.46. The molecule has 1 aromatic carbocycles. The van der Waals surface area contributed by atoms with Gasteiger partial charge < -0.3 is 10.6 Å². The second kappa shape index (κ2) is 6.37. The quantitative estimate of drug-likeness (QED) is 0.927. The van der Waals surface area contributed by atoms with Crippen LogP contribution in [0.5, 0.6) is 0 Å². The zero-order valence-electron chi connectivity index (χ0n) is 13.5. The van der Waals surface area contributed by atoms with Gasteiger partial charge in [0.15, 0.2) is 0 Å². The Hall–Kier alpha value is -1.06. The summed E-state index contributed by atoms with van der Waals surface area (Å²) in [5.74, 6) is 0.734. The summed E-state index contributed by atoms with van der Waals surface area (Å²) in [6.07, 6.45) is 4.05. The lowest BCUT2D eigenvalue weighted by atomic mass is 10.0. The van der Waals surface area contributed by atoms with Gasteiger partial charge in [-0.3, -0.25) is 4.90 Å². The Morgan fingerprint density at radius 1 is 1.10 bits per heavy atom. The number of nitrogens with two attached hydrogens (primary N) is 1. The fourth-order valence-electron chi connectivity index (χ4n) is 4.15. The molecule has 1 aliphatic carbocycles. The van der Waals surface area contributed by atoms with Crippen LogP contribution >= 0.6 is 0 Å². The highest BCUT2D eigenvalue weighted by Gasteiger charge is 2.32. The summed E-state index contributed by atoms with van der Waals surface area (Å²) in [7, 11) is 0. The standard InChI is InChI=1S/C18H29N3/c1-14-5-3-7-17(15(14)2)20-9-11-21(12-10-20)18-8-4-6-16(18)13-19/h3,5,7,16,18H,4,6,8-13,19H2,1-2H3. The predicted molar refractivity (Wildman–Crippen MR) is 89.9 cm³/mol. The Morgan fingerprint density at radius 3 is 2.57 bits per heavy atom. The minimum absolute atomic E-state index is 0.734. The van der Waals surface area contributed by atoms with E-state index in [1.165, 1.54) is 49.2 Å². The van der Waals surface area contributed by atoms with Gasteiger partial charge in [-0.2, -0.15) is 0 Å². The molecule has 1 saturated heterocycles. The third-order valence-corrected chi connectivity index (χ3v) is 5.62. The molecular formula is C18H29N3. The molecule has 0 aromatic heterocycles. The average molecular weight is 287 g/mol. The van der Waals surface area contributed by atoms with Gasteiger partial charge in [0.1, 0.15) is 0 Å². The molecule has 3 heteroatoms. The minimum Gasteiger partial charge on any atom is -0.369 e. The second-order valence-corrected chi connectivity index (χ2v) is 6.74. The van der Waals surface area contributed by atoms with E-state index < -0.39 is 0 Å². The smallest absolute Gasteiger partial charge is 0.0399 e. The molecule has 0 bridgehead atoms. The van der Waals surface area contributed by atoms with Crippen molar-refractivity contribution in [2.24, 2.45) is 11.7 Å². The fraction of sp³-hybridized carbons (Fsp3) is 0.667. The molecule has 1 aromatic rings. The van der Waals surface area contributed by atoms with E-state index >= 15 is 0 Å². The monoisotopic (exact) mass is 287 g/mol. The summed E-state index contributed by atoms with van der Waals surface area (Å²) in [6, 6.07) is 7.41. The molecule has 2 unspecified atom stereocenters. The number of nitrogens with zero attached hydrogens (tertiary/aromatic N) is 2. The molecule has 2 fully saturated rings. The Labute approximate surface area is 129 Å². The lowest BCUT2D eigenvalue weighted by molar-refractivity contribution is 0.153. The molecule has 0 amide bonds. The maximum absolute atomic E-state index is 5.95. The molecule has 2 N–H and O–H groups in total. The third-order valence-electron chi connectivity index (χ3n) is 5.62. The molecule has 3 rings (SSSR count). The minimum atomic E-state index is 0.734. The van der Waals surface area contributed by atoms with Crippen molar-refractivity contribution in [3.05, 3.63) is 29.3 Å². The average Bonchev–Trinajstić information content (AvgIpc) is 2.99. The molecule has 0 spiro atoms. The van der Waals surface area contributed by atoms with Crippen LogP contribution in [0.2, 0.25) is 0 Å². The van der Waals surface area contributed by atoms with Gasteiger partial charge >= 0.3 is 0 Å². The van der Waals surface area contributed by atoms with Crippen LogP contribution in [0.15, 0.2) is 18.2 Å². The molecule has 21 heavy (non-hydrogen) atoms. The van der Waals surface area contributed by atoms with E-state index in [4.69, 9.17) is 5.73 Å². The number of piperazine rings is 1. The number of rotatable bonds is 3. The van der Waals surface area contributed by atoms with E-state index in [1.54, 1.807) is 0 Å². The molecule has 2 aliphatic rings. The molecule has 3 nitrogen and oxygen atoms in total. The van der Waals surface area contributed by atoms with Gasteiger partial charge in [0, 0.05) is 37.9 Å². The number of hydrogen-bond donors (Lipinski definition) is 1. The van der Waals surface area contributed by atoms with E-state index in [9.17, 15) is 0 Å². The molecule has 1 saturated carbocycles. The van der Waals surface area contributed by atoms with Gasteiger partial charge in [-0.05, 0) is 56.3 Å². The van der Waals surface area contributed by atoms with Crippen LogP contribution in [-0.2, 0) is 0 Å². The van der Waals surface area contributed by atoms with Gasteiger partial charge in [0.25, 0.3) is 0 Å². The van der Waals surface area contributed by atoms with Crippen molar-refractivity contribution in [3.8, 4) is 0 Å². The molecule has 2 atom stereocenters. The molecule has 1 aliphatic heterocycles. The lowest BCUT2D eigenvalue weighted by Gasteiger charge is -2.41. The number of anilines is 1. The molecule has 1 heterocycles. The lowest BCUT2D eigenvalue weighted by Crippen LogP contribution is -2.52. The summed E-state index contributed by atoms with van der Waals surface area (Å²) in [4.78, 5) is 5.26. The van der Waals surface area contributed by atoms with Crippen molar-refractivity contribution in [1.29, 1.82) is 0 Å². The summed E-state index contributed by atoms with van der Waals surface area (Å²) in [5.41, 5.74) is 10.2. The zero-order chi connectivity index (χ0) is 14.8. The van der Waals surface area contributed by atoms with Crippen LogP contribution in [0.25, 0.3) is 0 Å². The number of benzene rings is 1. The van der Waals surface area contributed by atoms with Gasteiger partial charge in [0.05, 0.1) is 0 Å². The van der Waals surface area contributed by atoms with Gasteiger partial charge in [-0.1, -0.05) is 18.6 Å². The Kier molecular flexibility index (Phi) is 4.51. The maximum atomic E-state index is 5.95. The third kappa shape index (κ3) is 2.95. The molecule has 116 valence electrons. The first kappa shape index (κ1) is 14.9. The van der Waals surface area contributed by atoms with Crippen molar-refractivity contribution in [2.45, 2.75) is 39.2 Å². The van der Waals surface area contributed by atoms with E-state index in [2.05, 4.69) is 41.8 Å². The fourth-order valence-corrected chi connectivity index (χ4v) is 4.15. The topological polar surface area (TPSA) is 32.5 Å². The summed E-state index contributed by atoms with van der Waals surface area (Å²) >= 11 is 0. The SMILES string of the molecule is Cc1cccc(N2CCN(C3CCCC3CN)CC2)c1C. The van der Waals surface area contributed by atoms with Gasteiger partial charge in [-0.25, -0.2) is 0 Å².